The van der Waals surface area contributed by atoms with E-state index < -0.39 is 5.91 Å². The highest BCUT2D eigenvalue weighted by Gasteiger charge is 2.19. The van der Waals surface area contributed by atoms with E-state index in [1.54, 1.807) is 24.2 Å². The summed E-state index contributed by atoms with van der Waals surface area (Å²) in [6.07, 6.45) is 5.67. The van der Waals surface area contributed by atoms with Crippen molar-refractivity contribution in [3.8, 4) is 11.4 Å². The predicted octanol–water partition coefficient (Wildman–Crippen LogP) is 2.64. The molecule has 4 aromatic rings. The standard InChI is InChI=1S/C24H25N9O2/c1-32-9-7-15-12-21(35-2)19(11-16(15)14-32)29-24-26-13-17(22(25)34)23(30-24)28-18-5-3-4-6-20(18)33-10-8-27-31-33/h3-6,8,10-13H,7,9,14H2,1-2H3,(H2,25,34)(H2,26,28,29,30). The van der Waals surface area contributed by atoms with Crippen LogP contribution in [0.3, 0.4) is 0 Å². The van der Waals surface area contributed by atoms with Gasteiger partial charge in [0.2, 0.25) is 5.95 Å². The Morgan fingerprint density at radius 3 is 2.77 bits per heavy atom. The van der Waals surface area contributed by atoms with Gasteiger partial charge in [-0.2, -0.15) is 4.98 Å². The molecular weight excluding hydrogens is 446 g/mol. The van der Waals surface area contributed by atoms with Gasteiger partial charge < -0.3 is 26.0 Å². The number of nitrogens with one attached hydrogen (secondary N) is 2. The van der Waals surface area contributed by atoms with Gasteiger partial charge in [-0.1, -0.05) is 17.3 Å². The largest absolute Gasteiger partial charge is 0.495 e. The van der Waals surface area contributed by atoms with E-state index in [0.717, 1.165) is 30.9 Å². The molecule has 1 aliphatic rings. The molecule has 178 valence electrons. The second-order valence-electron chi connectivity index (χ2n) is 8.24. The van der Waals surface area contributed by atoms with Gasteiger partial charge >= 0.3 is 0 Å². The molecule has 0 fully saturated rings. The van der Waals surface area contributed by atoms with E-state index in [2.05, 4.69) is 55.0 Å². The van der Waals surface area contributed by atoms with Gasteiger partial charge in [0.25, 0.3) is 5.91 Å². The molecule has 1 amide bonds. The average molecular weight is 472 g/mol. The number of likely N-dealkylation sites (N-methyl/N-ethyl adjacent to an activating group) is 1. The summed E-state index contributed by atoms with van der Waals surface area (Å²) in [5.41, 5.74) is 10.4. The van der Waals surface area contributed by atoms with E-state index in [1.165, 1.54) is 17.3 Å². The summed E-state index contributed by atoms with van der Waals surface area (Å²) >= 11 is 0. The van der Waals surface area contributed by atoms with E-state index in [0.29, 0.717) is 11.4 Å². The first-order valence-electron chi connectivity index (χ1n) is 11.1. The number of fused-ring (bicyclic) bond motifs is 1. The van der Waals surface area contributed by atoms with Crippen LogP contribution in [0.5, 0.6) is 5.75 Å². The first kappa shape index (κ1) is 22.3. The van der Waals surface area contributed by atoms with Gasteiger partial charge in [0, 0.05) is 19.3 Å². The smallest absolute Gasteiger partial charge is 0.254 e. The Bertz CT molecular complexity index is 1370. The van der Waals surface area contributed by atoms with Crippen LogP contribution in [0.2, 0.25) is 0 Å². The first-order chi connectivity index (χ1) is 17.0. The van der Waals surface area contributed by atoms with Crippen LogP contribution in [0.1, 0.15) is 21.5 Å². The zero-order chi connectivity index (χ0) is 24.4. The van der Waals surface area contributed by atoms with E-state index in [9.17, 15) is 4.79 Å². The maximum atomic E-state index is 12.1. The highest BCUT2D eigenvalue weighted by Crippen LogP contribution is 2.33. The number of anilines is 4. The molecular formula is C24H25N9O2. The van der Waals surface area contributed by atoms with Gasteiger partial charge in [-0.25, -0.2) is 9.67 Å². The van der Waals surface area contributed by atoms with Crippen molar-refractivity contribution < 1.29 is 9.53 Å². The molecule has 2 aromatic carbocycles. The van der Waals surface area contributed by atoms with Crippen LogP contribution in [0, 0.1) is 0 Å². The van der Waals surface area contributed by atoms with Crippen molar-refractivity contribution in [1.29, 1.82) is 0 Å². The van der Waals surface area contributed by atoms with Crippen LogP contribution in [-0.4, -0.2) is 56.5 Å². The molecule has 0 saturated heterocycles. The Morgan fingerprint density at radius 1 is 1.14 bits per heavy atom. The van der Waals surface area contributed by atoms with E-state index >= 15 is 0 Å². The summed E-state index contributed by atoms with van der Waals surface area (Å²) in [7, 11) is 3.73. The first-order valence-corrected chi connectivity index (χ1v) is 11.1. The summed E-state index contributed by atoms with van der Waals surface area (Å²) in [5, 5.41) is 14.4. The number of amides is 1. The molecule has 0 spiro atoms. The summed E-state index contributed by atoms with van der Waals surface area (Å²) in [4.78, 5) is 23.3. The fourth-order valence-corrected chi connectivity index (χ4v) is 4.08. The van der Waals surface area contributed by atoms with Gasteiger partial charge in [0.05, 0.1) is 36.6 Å². The van der Waals surface area contributed by atoms with Crippen LogP contribution in [0.25, 0.3) is 5.69 Å². The van der Waals surface area contributed by atoms with Crippen molar-refractivity contribution in [2.75, 3.05) is 31.3 Å². The molecule has 11 heteroatoms. The maximum absolute atomic E-state index is 12.1. The molecule has 35 heavy (non-hydrogen) atoms. The summed E-state index contributed by atoms with van der Waals surface area (Å²) in [5.74, 6) is 0.603. The molecule has 0 atom stereocenters. The Morgan fingerprint density at radius 2 is 2.00 bits per heavy atom. The van der Waals surface area contributed by atoms with Gasteiger partial charge in [0.15, 0.2) is 0 Å². The highest BCUT2D eigenvalue weighted by molar-refractivity contribution is 5.98. The summed E-state index contributed by atoms with van der Waals surface area (Å²) in [6, 6.07) is 11.6. The van der Waals surface area contributed by atoms with Gasteiger partial charge in [-0.05, 0) is 48.9 Å². The van der Waals surface area contributed by atoms with Gasteiger partial charge in [-0.15, -0.1) is 5.10 Å². The number of carbonyl (C=O) groups excluding carboxylic acids is 1. The van der Waals surface area contributed by atoms with Crippen LogP contribution >= 0.6 is 0 Å². The number of ether oxygens (including phenoxy) is 1. The minimum absolute atomic E-state index is 0.156. The fourth-order valence-electron chi connectivity index (χ4n) is 4.08. The fraction of sp³-hybridized carbons (Fsp3) is 0.208. The lowest BCUT2D eigenvalue weighted by atomic mass is 9.99. The zero-order valence-electron chi connectivity index (χ0n) is 19.4. The Kier molecular flexibility index (Phi) is 5.98. The number of hydrogen-bond acceptors (Lipinski definition) is 9. The number of carbonyl (C=O) groups is 1. The third-order valence-electron chi connectivity index (χ3n) is 5.85. The second kappa shape index (κ2) is 9.39. The number of nitrogens with zero attached hydrogens (tertiary/aromatic N) is 6. The molecule has 11 nitrogen and oxygen atoms in total. The summed E-state index contributed by atoms with van der Waals surface area (Å²) in [6.45, 7) is 1.85. The number of nitrogens with two attached hydrogens (primary N) is 1. The van der Waals surface area contributed by atoms with Crippen molar-refractivity contribution in [3.05, 3.63) is 71.7 Å². The molecule has 0 aliphatic carbocycles. The second-order valence-corrected chi connectivity index (χ2v) is 8.24. The molecule has 0 bridgehead atoms. The molecule has 1 aliphatic heterocycles. The average Bonchev–Trinajstić information content (AvgIpc) is 3.39. The van der Waals surface area contributed by atoms with Crippen LogP contribution in [0.4, 0.5) is 23.1 Å². The third kappa shape index (κ3) is 4.62. The number of hydrogen-bond donors (Lipinski definition) is 3. The Hall–Kier alpha value is -4.51. The molecule has 2 aromatic heterocycles. The minimum atomic E-state index is -0.647. The van der Waals surface area contributed by atoms with Crippen molar-refractivity contribution in [2.24, 2.45) is 5.73 Å². The Balaban J connectivity index is 1.50. The van der Waals surface area contributed by atoms with Gasteiger partial charge in [0.1, 0.15) is 17.1 Å². The SMILES string of the molecule is COc1cc2c(cc1Nc1ncc(C(N)=O)c(Nc3ccccc3-n3ccnn3)n1)CN(C)CC2. The maximum Gasteiger partial charge on any atom is 0.254 e. The molecule has 5 rings (SSSR count). The van der Waals surface area contributed by atoms with Gasteiger partial charge in [-0.3, -0.25) is 4.79 Å². The van der Waals surface area contributed by atoms with Crippen molar-refractivity contribution in [3.63, 3.8) is 0 Å². The van der Waals surface area contributed by atoms with Crippen LogP contribution in [0.15, 0.2) is 55.0 Å². The van der Waals surface area contributed by atoms with Crippen molar-refractivity contribution in [1.82, 2.24) is 29.9 Å². The lowest BCUT2D eigenvalue weighted by Gasteiger charge is -2.26. The quantitative estimate of drug-likeness (QED) is 0.371. The number of benzene rings is 2. The van der Waals surface area contributed by atoms with E-state index in [4.69, 9.17) is 10.5 Å². The topological polar surface area (TPSA) is 136 Å². The number of aromatic nitrogens is 5. The third-order valence-corrected chi connectivity index (χ3v) is 5.85. The molecule has 0 saturated carbocycles. The Labute approximate surface area is 201 Å². The molecule has 3 heterocycles. The van der Waals surface area contributed by atoms with Crippen LogP contribution < -0.4 is 21.1 Å². The highest BCUT2D eigenvalue weighted by atomic mass is 16.5. The summed E-state index contributed by atoms with van der Waals surface area (Å²) < 4.78 is 7.23. The number of methoxy groups -OCH3 is 1. The van der Waals surface area contributed by atoms with E-state index in [1.807, 2.05) is 24.3 Å². The molecule has 0 unspecified atom stereocenters. The molecule has 4 N–H and O–H groups in total. The van der Waals surface area contributed by atoms with E-state index in [-0.39, 0.29) is 17.3 Å². The number of para-hydroxylation sites is 2. The zero-order valence-corrected chi connectivity index (χ0v) is 19.4. The number of rotatable bonds is 7. The lowest BCUT2D eigenvalue weighted by Crippen LogP contribution is -2.26. The van der Waals surface area contributed by atoms with Crippen molar-refractivity contribution >= 4 is 29.0 Å². The normalized spacial score (nSPS) is 13.2. The van der Waals surface area contributed by atoms with Crippen LogP contribution in [-0.2, 0) is 13.0 Å². The molecule has 0 radical (unpaired) electrons. The number of primary amides is 1. The lowest BCUT2D eigenvalue weighted by molar-refractivity contribution is 0.100. The minimum Gasteiger partial charge on any atom is -0.495 e. The van der Waals surface area contributed by atoms with Crippen molar-refractivity contribution in [2.45, 2.75) is 13.0 Å². The monoisotopic (exact) mass is 471 g/mol. The predicted molar refractivity (Wildman–Crippen MR) is 132 cm³/mol.